The molecule has 0 spiro atoms. The molecule has 2 amide bonds. The number of carbonyl (C=O) groups excluding carboxylic acids is 2. The summed E-state index contributed by atoms with van der Waals surface area (Å²) in [5, 5.41) is 10.4. The van der Waals surface area contributed by atoms with Crippen LogP contribution in [0.3, 0.4) is 0 Å². The summed E-state index contributed by atoms with van der Waals surface area (Å²) in [6.45, 7) is 3.18. The molecule has 134 valence electrons. The van der Waals surface area contributed by atoms with Gasteiger partial charge in [-0.25, -0.2) is 0 Å². The first-order valence-electron chi connectivity index (χ1n) is 7.99. The van der Waals surface area contributed by atoms with Crippen LogP contribution in [0, 0.1) is 0 Å². The number of benzene rings is 1. The van der Waals surface area contributed by atoms with Crippen molar-refractivity contribution in [3.63, 3.8) is 0 Å². The standard InChI is InChI=1S/C17H21N5O2.ClH/c1-11(12-5-3-2-4-6-12)22(10-15(18)23)17(24)16-13-9-19-8-7-14(13)20-21-16;/h2-6,11,19H,7-10H2,1H3,(H2,18,23)(H,20,21);1H/t11-;/m1./s1. The summed E-state index contributed by atoms with van der Waals surface area (Å²) in [4.78, 5) is 26.0. The molecular formula is C17H22ClN5O2. The highest BCUT2D eigenvalue weighted by atomic mass is 35.5. The van der Waals surface area contributed by atoms with Crippen LogP contribution in [-0.4, -0.2) is 40.0 Å². The molecule has 0 saturated heterocycles. The van der Waals surface area contributed by atoms with Crippen molar-refractivity contribution in [1.29, 1.82) is 0 Å². The normalized spacial score (nSPS) is 14.1. The molecule has 1 aromatic carbocycles. The van der Waals surface area contributed by atoms with Gasteiger partial charge >= 0.3 is 0 Å². The summed E-state index contributed by atoms with van der Waals surface area (Å²) in [5.41, 5.74) is 8.52. The Balaban J connectivity index is 0.00000225. The van der Waals surface area contributed by atoms with Gasteiger partial charge in [-0.2, -0.15) is 5.10 Å². The molecule has 25 heavy (non-hydrogen) atoms. The Bertz CT molecular complexity index is 747. The molecule has 1 aromatic heterocycles. The van der Waals surface area contributed by atoms with Gasteiger partial charge in [0.05, 0.1) is 6.04 Å². The Morgan fingerprint density at radius 3 is 2.72 bits per heavy atom. The summed E-state index contributed by atoms with van der Waals surface area (Å²) in [5.74, 6) is -0.833. The molecule has 0 aliphatic carbocycles. The number of carbonyl (C=O) groups is 2. The fourth-order valence-corrected chi connectivity index (χ4v) is 3.00. The third-order valence-corrected chi connectivity index (χ3v) is 4.35. The van der Waals surface area contributed by atoms with E-state index in [0.717, 1.165) is 29.8 Å². The van der Waals surface area contributed by atoms with Gasteiger partial charge in [-0.05, 0) is 12.5 Å². The van der Waals surface area contributed by atoms with Crippen molar-refractivity contribution in [2.75, 3.05) is 13.1 Å². The van der Waals surface area contributed by atoms with E-state index in [4.69, 9.17) is 5.73 Å². The highest BCUT2D eigenvalue weighted by molar-refractivity contribution is 5.96. The third kappa shape index (κ3) is 4.00. The molecule has 0 unspecified atom stereocenters. The zero-order valence-electron chi connectivity index (χ0n) is 14.0. The van der Waals surface area contributed by atoms with Crippen LogP contribution < -0.4 is 11.1 Å². The smallest absolute Gasteiger partial charge is 0.275 e. The molecule has 0 bridgehead atoms. The van der Waals surface area contributed by atoms with E-state index < -0.39 is 5.91 Å². The van der Waals surface area contributed by atoms with Crippen molar-refractivity contribution in [1.82, 2.24) is 20.4 Å². The molecule has 7 nitrogen and oxygen atoms in total. The van der Waals surface area contributed by atoms with Crippen LogP contribution in [0.25, 0.3) is 0 Å². The lowest BCUT2D eigenvalue weighted by atomic mass is 10.0. The van der Waals surface area contributed by atoms with E-state index in [1.165, 1.54) is 4.90 Å². The number of amides is 2. The molecule has 1 aliphatic heterocycles. The van der Waals surface area contributed by atoms with E-state index in [0.29, 0.717) is 12.2 Å². The number of hydrogen-bond acceptors (Lipinski definition) is 4. The molecule has 4 N–H and O–H groups in total. The SMILES string of the molecule is C[C@H](c1ccccc1)N(CC(N)=O)C(=O)c1n[nH]c2c1CNCC2.Cl. The monoisotopic (exact) mass is 363 g/mol. The number of nitrogens with one attached hydrogen (secondary N) is 2. The Morgan fingerprint density at radius 1 is 1.32 bits per heavy atom. The summed E-state index contributed by atoms with van der Waals surface area (Å²) in [7, 11) is 0. The van der Waals surface area contributed by atoms with Crippen LogP contribution in [0.5, 0.6) is 0 Å². The molecule has 2 heterocycles. The lowest BCUT2D eigenvalue weighted by molar-refractivity contribution is -0.119. The minimum absolute atomic E-state index is 0. The third-order valence-electron chi connectivity index (χ3n) is 4.35. The van der Waals surface area contributed by atoms with Crippen molar-refractivity contribution in [2.45, 2.75) is 25.9 Å². The highest BCUT2D eigenvalue weighted by Crippen LogP contribution is 2.24. The second-order valence-corrected chi connectivity index (χ2v) is 5.94. The number of aromatic amines is 1. The molecule has 1 aliphatic rings. The molecule has 1 atom stereocenters. The zero-order valence-corrected chi connectivity index (χ0v) is 14.8. The lowest BCUT2D eigenvalue weighted by Crippen LogP contribution is -2.41. The maximum Gasteiger partial charge on any atom is 0.275 e. The molecule has 0 fully saturated rings. The topological polar surface area (TPSA) is 104 Å². The Kier molecular flexibility index (Phi) is 6.17. The van der Waals surface area contributed by atoms with Gasteiger partial charge in [0.2, 0.25) is 5.91 Å². The lowest BCUT2D eigenvalue weighted by Gasteiger charge is -2.28. The van der Waals surface area contributed by atoms with Gasteiger partial charge in [-0.15, -0.1) is 12.4 Å². The number of primary amides is 1. The first-order chi connectivity index (χ1) is 11.6. The molecule has 3 rings (SSSR count). The minimum atomic E-state index is -0.548. The van der Waals surface area contributed by atoms with E-state index in [1.807, 2.05) is 37.3 Å². The Hall–Kier alpha value is -2.38. The van der Waals surface area contributed by atoms with Crippen molar-refractivity contribution >= 4 is 24.2 Å². The van der Waals surface area contributed by atoms with Gasteiger partial charge < -0.3 is 16.0 Å². The van der Waals surface area contributed by atoms with Gasteiger partial charge in [0.1, 0.15) is 6.54 Å². The maximum atomic E-state index is 13.0. The Labute approximate surface area is 152 Å². The van der Waals surface area contributed by atoms with Crippen molar-refractivity contribution < 1.29 is 9.59 Å². The molecule has 2 aromatic rings. The average molecular weight is 364 g/mol. The first kappa shape index (κ1) is 19.0. The van der Waals surface area contributed by atoms with E-state index in [-0.39, 0.29) is 30.9 Å². The van der Waals surface area contributed by atoms with Gasteiger partial charge in [0.25, 0.3) is 5.91 Å². The van der Waals surface area contributed by atoms with Gasteiger partial charge in [0.15, 0.2) is 5.69 Å². The largest absolute Gasteiger partial charge is 0.368 e. The summed E-state index contributed by atoms with van der Waals surface area (Å²) in [6.07, 6.45) is 0.805. The Morgan fingerprint density at radius 2 is 2.04 bits per heavy atom. The van der Waals surface area contributed by atoms with Crippen LogP contribution in [0.4, 0.5) is 0 Å². The van der Waals surface area contributed by atoms with Crippen molar-refractivity contribution in [3.8, 4) is 0 Å². The summed E-state index contributed by atoms with van der Waals surface area (Å²) in [6, 6.07) is 9.28. The molecule has 0 saturated carbocycles. The van der Waals surface area contributed by atoms with Crippen LogP contribution >= 0.6 is 12.4 Å². The number of aromatic nitrogens is 2. The van der Waals surface area contributed by atoms with Crippen molar-refractivity contribution in [2.24, 2.45) is 5.73 Å². The number of H-pyrrole nitrogens is 1. The average Bonchev–Trinajstić information content (AvgIpc) is 3.03. The van der Waals surface area contributed by atoms with Gasteiger partial charge in [0, 0.05) is 30.8 Å². The minimum Gasteiger partial charge on any atom is -0.368 e. The van der Waals surface area contributed by atoms with E-state index in [1.54, 1.807) is 0 Å². The molecule has 8 heteroatoms. The second kappa shape index (κ2) is 8.13. The second-order valence-electron chi connectivity index (χ2n) is 5.94. The summed E-state index contributed by atoms with van der Waals surface area (Å²) < 4.78 is 0. The number of fused-ring (bicyclic) bond motifs is 1. The summed E-state index contributed by atoms with van der Waals surface area (Å²) >= 11 is 0. The fraction of sp³-hybridized carbons (Fsp3) is 0.353. The number of hydrogen-bond donors (Lipinski definition) is 3. The zero-order chi connectivity index (χ0) is 17.1. The van der Waals surface area contributed by atoms with Gasteiger partial charge in [-0.1, -0.05) is 30.3 Å². The molecular weight excluding hydrogens is 342 g/mol. The number of nitrogens with zero attached hydrogens (tertiary/aromatic N) is 2. The predicted octanol–water partition coefficient (Wildman–Crippen LogP) is 1.17. The van der Waals surface area contributed by atoms with E-state index in [2.05, 4.69) is 15.5 Å². The quantitative estimate of drug-likeness (QED) is 0.741. The number of halogens is 1. The number of rotatable bonds is 5. The molecule has 0 radical (unpaired) electrons. The van der Waals surface area contributed by atoms with Gasteiger partial charge in [-0.3, -0.25) is 14.7 Å². The highest BCUT2D eigenvalue weighted by Gasteiger charge is 2.29. The maximum absolute atomic E-state index is 13.0. The first-order valence-corrected chi connectivity index (χ1v) is 7.99. The predicted molar refractivity (Wildman–Crippen MR) is 96.3 cm³/mol. The number of nitrogens with two attached hydrogens (primary N) is 1. The van der Waals surface area contributed by atoms with Crippen molar-refractivity contribution in [3.05, 3.63) is 52.8 Å². The van der Waals surface area contributed by atoms with Crippen LogP contribution in [0.2, 0.25) is 0 Å². The van der Waals surface area contributed by atoms with E-state index in [9.17, 15) is 9.59 Å². The van der Waals surface area contributed by atoms with Crippen LogP contribution in [0.15, 0.2) is 30.3 Å². The van der Waals surface area contributed by atoms with Crippen LogP contribution in [-0.2, 0) is 17.8 Å². The van der Waals surface area contributed by atoms with Crippen LogP contribution in [0.1, 0.15) is 40.3 Å². The fourth-order valence-electron chi connectivity index (χ4n) is 3.00. The van der Waals surface area contributed by atoms with E-state index >= 15 is 0 Å².